The first kappa shape index (κ1) is 14.3. The van der Waals surface area contributed by atoms with Gasteiger partial charge in [-0.2, -0.15) is 0 Å². The standard InChI is InChI=1S/C17H21NO2/c1-3-9-20-16-6-4-5-14(10-16)12-18-15-8-7-13(2)17(19)11-15/h4-8,10-11,18-19H,3,9,12H2,1-2H3. The predicted octanol–water partition coefficient (Wildman–Crippen LogP) is 4.10. The van der Waals surface area contributed by atoms with Crippen molar-refractivity contribution in [3.63, 3.8) is 0 Å². The fraction of sp³-hybridized carbons (Fsp3) is 0.294. The van der Waals surface area contributed by atoms with Gasteiger partial charge in [0.05, 0.1) is 6.61 Å². The van der Waals surface area contributed by atoms with Crippen LogP contribution < -0.4 is 10.1 Å². The van der Waals surface area contributed by atoms with E-state index in [1.165, 1.54) is 0 Å². The molecule has 3 nitrogen and oxygen atoms in total. The van der Waals surface area contributed by atoms with Crippen molar-refractivity contribution >= 4 is 5.69 Å². The summed E-state index contributed by atoms with van der Waals surface area (Å²) in [6.07, 6.45) is 1.01. The third-order valence-corrected chi connectivity index (χ3v) is 3.08. The van der Waals surface area contributed by atoms with Gasteiger partial charge in [-0.25, -0.2) is 0 Å². The molecule has 0 unspecified atom stereocenters. The van der Waals surface area contributed by atoms with Crippen LogP contribution in [0.15, 0.2) is 42.5 Å². The van der Waals surface area contributed by atoms with Gasteiger partial charge in [-0.3, -0.25) is 0 Å². The van der Waals surface area contributed by atoms with E-state index in [0.717, 1.165) is 35.6 Å². The van der Waals surface area contributed by atoms with Gasteiger partial charge in [0.2, 0.25) is 0 Å². The molecule has 0 amide bonds. The first-order chi connectivity index (χ1) is 9.69. The van der Waals surface area contributed by atoms with Crippen molar-refractivity contribution in [3.05, 3.63) is 53.6 Å². The highest BCUT2D eigenvalue weighted by Gasteiger charge is 2.00. The summed E-state index contributed by atoms with van der Waals surface area (Å²) in [6, 6.07) is 13.7. The molecule has 0 fully saturated rings. The fourth-order valence-electron chi connectivity index (χ4n) is 1.89. The van der Waals surface area contributed by atoms with Crippen LogP contribution in [0.2, 0.25) is 0 Å². The van der Waals surface area contributed by atoms with Crippen molar-refractivity contribution in [2.45, 2.75) is 26.8 Å². The van der Waals surface area contributed by atoms with Crippen LogP contribution in [-0.4, -0.2) is 11.7 Å². The lowest BCUT2D eigenvalue weighted by atomic mass is 10.2. The van der Waals surface area contributed by atoms with Crippen LogP contribution in [0.3, 0.4) is 0 Å². The smallest absolute Gasteiger partial charge is 0.120 e. The maximum atomic E-state index is 9.68. The molecule has 0 saturated carbocycles. The average molecular weight is 271 g/mol. The molecule has 0 aliphatic carbocycles. The third-order valence-electron chi connectivity index (χ3n) is 3.08. The van der Waals surface area contributed by atoms with E-state index in [9.17, 15) is 5.11 Å². The van der Waals surface area contributed by atoms with E-state index in [1.807, 2.05) is 37.3 Å². The quantitative estimate of drug-likeness (QED) is 0.831. The monoisotopic (exact) mass is 271 g/mol. The molecule has 2 N–H and O–H groups in total. The Bertz CT molecular complexity index is 567. The molecular formula is C17H21NO2. The molecule has 0 aromatic heterocycles. The van der Waals surface area contributed by atoms with E-state index >= 15 is 0 Å². The van der Waals surface area contributed by atoms with Gasteiger partial charge in [-0.05, 0) is 42.7 Å². The summed E-state index contributed by atoms with van der Waals surface area (Å²) < 4.78 is 5.61. The van der Waals surface area contributed by atoms with Gasteiger partial charge in [0, 0.05) is 18.3 Å². The second-order valence-corrected chi connectivity index (χ2v) is 4.85. The number of ether oxygens (including phenoxy) is 1. The molecule has 0 aliphatic rings. The lowest BCUT2D eigenvalue weighted by Crippen LogP contribution is -2.00. The molecule has 0 radical (unpaired) electrons. The molecule has 3 heteroatoms. The molecule has 0 aliphatic heterocycles. The topological polar surface area (TPSA) is 41.5 Å². The van der Waals surface area contributed by atoms with Gasteiger partial charge in [-0.1, -0.05) is 25.1 Å². The predicted molar refractivity (Wildman–Crippen MR) is 82.4 cm³/mol. The van der Waals surface area contributed by atoms with Crippen molar-refractivity contribution in [2.75, 3.05) is 11.9 Å². The first-order valence-corrected chi connectivity index (χ1v) is 6.94. The van der Waals surface area contributed by atoms with Crippen LogP contribution in [0.1, 0.15) is 24.5 Å². The third kappa shape index (κ3) is 3.92. The molecular weight excluding hydrogens is 250 g/mol. The number of phenols is 1. The van der Waals surface area contributed by atoms with Gasteiger partial charge in [0.25, 0.3) is 0 Å². The minimum Gasteiger partial charge on any atom is -0.508 e. The zero-order valence-corrected chi connectivity index (χ0v) is 12.0. The van der Waals surface area contributed by atoms with Crippen LogP contribution >= 0.6 is 0 Å². The van der Waals surface area contributed by atoms with E-state index in [1.54, 1.807) is 6.07 Å². The summed E-state index contributed by atoms with van der Waals surface area (Å²) in [6.45, 7) is 5.41. The Morgan fingerprint density at radius 1 is 1.15 bits per heavy atom. The van der Waals surface area contributed by atoms with Crippen molar-refractivity contribution in [3.8, 4) is 11.5 Å². The Balaban J connectivity index is 1.97. The molecule has 2 aromatic rings. The van der Waals surface area contributed by atoms with Gasteiger partial charge in [-0.15, -0.1) is 0 Å². The number of aryl methyl sites for hydroxylation is 1. The summed E-state index contributed by atoms with van der Waals surface area (Å²) >= 11 is 0. The molecule has 2 aromatic carbocycles. The molecule has 20 heavy (non-hydrogen) atoms. The minimum absolute atomic E-state index is 0.315. The maximum absolute atomic E-state index is 9.68. The van der Waals surface area contributed by atoms with Gasteiger partial charge >= 0.3 is 0 Å². The molecule has 0 spiro atoms. The number of hydrogen-bond donors (Lipinski definition) is 2. The van der Waals surface area contributed by atoms with Crippen LogP contribution in [0.5, 0.6) is 11.5 Å². The van der Waals surface area contributed by atoms with E-state index in [2.05, 4.69) is 18.3 Å². The second kappa shape index (κ2) is 6.85. The zero-order chi connectivity index (χ0) is 14.4. The zero-order valence-electron chi connectivity index (χ0n) is 12.0. The average Bonchev–Trinajstić information content (AvgIpc) is 2.47. The second-order valence-electron chi connectivity index (χ2n) is 4.85. The number of aromatic hydroxyl groups is 1. The highest BCUT2D eigenvalue weighted by Crippen LogP contribution is 2.21. The minimum atomic E-state index is 0.315. The molecule has 0 atom stereocenters. The number of rotatable bonds is 6. The Hall–Kier alpha value is -2.16. The Morgan fingerprint density at radius 2 is 2.00 bits per heavy atom. The Labute approximate surface area is 120 Å². The lowest BCUT2D eigenvalue weighted by Gasteiger charge is -2.10. The van der Waals surface area contributed by atoms with Crippen LogP contribution in [-0.2, 0) is 6.54 Å². The van der Waals surface area contributed by atoms with E-state index < -0.39 is 0 Å². The molecule has 2 rings (SSSR count). The number of benzene rings is 2. The van der Waals surface area contributed by atoms with Crippen molar-refractivity contribution in [1.82, 2.24) is 0 Å². The number of hydrogen-bond acceptors (Lipinski definition) is 3. The molecule has 0 heterocycles. The number of phenolic OH excluding ortho intramolecular Hbond substituents is 1. The lowest BCUT2D eigenvalue weighted by molar-refractivity contribution is 0.317. The first-order valence-electron chi connectivity index (χ1n) is 6.94. The van der Waals surface area contributed by atoms with Gasteiger partial charge in [0.1, 0.15) is 11.5 Å². The van der Waals surface area contributed by atoms with Crippen molar-refractivity contribution in [2.24, 2.45) is 0 Å². The highest BCUT2D eigenvalue weighted by molar-refractivity contribution is 5.51. The van der Waals surface area contributed by atoms with Crippen molar-refractivity contribution in [1.29, 1.82) is 0 Å². The van der Waals surface area contributed by atoms with Gasteiger partial charge < -0.3 is 15.2 Å². The summed E-state index contributed by atoms with van der Waals surface area (Å²) in [5.41, 5.74) is 2.94. The SMILES string of the molecule is CCCOc1cccc(CNc2ccc(C)c(O)c2)c1. The van der Waals surface area contributed by atoms with Crippen LogP contribution in [0.4, 0.5) is 5.69 Å². The molecule has 106 valence electrons. The molecule has 0 bridgehead atoms. The fourth-order valence-corrected chi connectivity index (χ4v) is 1.89. The summed E-state index contributed by atoms with van der Waals surface area (Å²) in [4.78, 5) is 0. The summed E-state index contributed by atoms with van der Waals surface area (Å²) in [5, 5.41) is 13.0. The van der Waals surface area contributed by atoms with E-state index in [4.69, 9.17) is 4.74 Å². The van der Waals surface area contributed by atoms with Crippen molar-refractivity contribution < 1.29 is 9.84 Å². The normalized spacial score (nSPS) is 10.3. The Kier molecular flexibility index (Phi) is 4.88. The van der Waals surface area contributed by atoms with Crippen LogP contribution in [0, 0.1) is 6.92 Å². The highest BCUT2D eigenvalue weighted by atomic mass is 16.5. The summed E-state index contributed by atoms with van der Waals surface area (Å²) in [5.74, 6) is 1.22. The summed E-state index contributed by atoms with van der Waals surface area (Å²) in [7, 11) is 0. The largest absolute Gasteiger partial charge is 0.508 e. The van der Waals surface area contributed by atoms with E-state index in [0.29, 0.717) is 12.3 Å². The van der Waals surface area contributed by atoms with Gasteiger partial charge in [0.15, 0.2) is 0 Å². The van der Waals surface area contributed by atoms with Crippen LogP contribution in [0.25, 0.3) is 0 Å². The maximum Gasteiger partial charge on any atom is 0.120 e. The van der Waals surface area contributed by atoms with E-state index in [-0.39, 0.29) is 0 Å². The number of anilines is 1. The number of nitrogens with one attached hydrogen (secondary N) is 1. The molecule has 0 saturated heterocycles. The Morgan fingerprint density at radius 3 is 2.75 bits per heavy atom.